The van der Waals surface area contributed by atoms with Crippen LogP contribution in [0.1, 0.15) is 33.1 Å². The molecule has 0 bridgehead atoms. The maximum absolute atomic E-state index is 11.5. The van der Waals surface area contributed by atoms with Crippen molar-refractivity contribution < 1.29 is 4.21 Å². The van der Waals surface area contributed by atoms with E-state index in [-0.39, 0.29) is 0 Å². The first-order valence-corrected chi connectivity index (χ1v) is 6.89. The molecule has 0 aromatic rings. The summed E-state index contributed by atoms with van der Waals surface area (Å²) >= 11 is 0. The van der Waals surface area contributed by atoms with E-state index in [1.165, 1.54) is 6.42 Å². The number of hydrogen-bond donors (Lipinski definition) is 0. The number of rotatable bonds is 2. The summed E-state index contributed by atoms with van der Waals surface area (Å²) in [4.78, 5) is 0. The average molecular weight is 188 g/mol. The van der Waals surface area contributed by atoms with Crippen LogP contribution in [0.2, 0.25) is 0 Å². The van der Waals surface area contributed by atoms with E-state index in [1.807, 2.05) is 0 Å². The zero-order valence-corrected chi connectivity index (χ0v) is 9.03. The van der Waals surface area contributed by atoms with Crippen molar-refractivity contribution in [3.8, 4) is 0 Å². The summed E-state index contributed by atoms with van der Waals surface area (Å²) < 4.78 is 11.5. The van der Waals surface area contributed by atoms with E-state index < -0.39 is 9.52 Å². The van der Waals surface area contributed by atoms with Crippen LogP contribution in [-0.2, 0) is 9.52 Å². The fraction of sp³-hybridized carbons (Fsp3) is 0.900. The van der Waals surface area contributed by atoms with Gasteiger partial charge in [0.05, 0.1) is 0 Å². The quantitative estimate of drug-likeness (QED) is 0.607. The minimum Gasteiger partial charge on any atom is -0.268 e. The summed E-state index contributed by atoms with van der Waals surface area (Å²) in [5.74, 6) is 7.11. The molecule has 0 saturated carbocycles. The van der Waals surface area contributed by atoms with Gasteiger partial charge in [-0.05, 0) is 46.5 Å². The second-order valence-corrected chi connectivity index (χ2v) is 7.20. The molecule has 0 atom stereocenters. The maximum atomic E-state index is 11.5. The van der Waals surface area contributed by atoms with E-state index in [0.717, 1.165) is 36.2 Å². The summed E-state index contributed by atoms with van der Waals surface area (Å²) in [6.07, 6.45) is 3.58. The predicted molar refractivity (Wildman–Crippen MR) is 57.2 cm³/mol. The lowest BCUT2D eigenvalue weighted by Crippen LogP contribution is -2.23. The van der Waals surface area contributed by atoms with Crippen LogP contribution in [0.5, 0.6) is 0 Å². The molecule has 1 rings (SSSR count). The van der Waals surface area contributed by atoms with Crippen molar-refractivity contribution in [3.63, 3.8) is 0 Å². The number of hydrogen-bond acceptors (Lipinski definition) is 1. The van der Waals surface area contributed by atoms with E-state index in [2.05, 4.69) is 19.7 Å². The van der Waals surface area contributed by atoms with Gasteiger partial charge in [-0.1, -0.05) is 13.8 Å². The summed E-state index contributed by atoms with van der Waals surface area (Å²) in [6.45, 7) is 4.52. The van der Waals surface area contributed by atoms with Gasteiger partial charge in [0.2, 0.25) is 0 Å². The average Bonchev–Trinajstić information content (AvgIpc) is 1.93. The van der Waals surface area contributed by atoms with Gasteiger partial charge in [-0.25, -0.2) is 0 Å². The van der Waals surface area contributed by atoms with E-state index >= 15 is 0 Å². The van der Waals surface area contributed by atoms with Crippen LogP contribution < -0.4 is 0 Å². The van der Waals surface area contributed by atoms with Gasteiger partial charge < -0.3 is 0 Å². The Morgan fingerprint density at radius 3 is 2.33 bits per heavy atom. The molecule has 0 N–H and O–H groups in total. The summed E-state index contributed by atoms with van der Waals surface area (Å²) in [6, 6.07) is 0. The SMILES string of the molecule is C=S1(=O)CCC(CC(C)C)CC1. The molecule has 0 radical (unpaired) electrons. The summed E-state index contributed by atoms with van der Waals surface area (Å²) in [5, 5.41) is 0. The summed E-state index contributed by atoms with van der Waals surface area (Å²) in [7, 11) is -1.65. The molecule has 0 unspecified atom stereocenters. The zero-order valence-electron chi connectivity index (χ0n) is 8.21. The molecular formula is C10H20OS. The molecule has 0 aromatic heterocycles. The van der Waals surface area contributed by atoms with Gasteiger partial charge in [-0.3, -0.25) is 4.21 Å². The van der Waals surface area contributed by atoms with Crippen molar-refractivity contribution in [3.05, 3.63) is 0 Å². The fourth-order valence-electron chi connectivity index (χ4n) is 1.91. The molecule has 1 aliphatic rings. The van der Waals surface area contributed by atoms with Crippen molar-refractivity contribution in [2.24, 2.45) is 11.8 Å². The van der Waals surface area contributed by atoms with Gasteiger partial charge in [-0.15, -0.1) is 0 Å². The molecule has 0 amide bonds. The third-order valence-corrected chi connectivity index (χ3v) is 4.56. The van der Waals surface area contributed by atoms with Crippen LogP contribution in [0.3, 0.4) is 0 Å². The van der Waals surface area contributed by atoms with E-state index in [0.29, 0.717) is 0 Å². The molecule has 72 valence electrons. The molecule has 1 nitrogen and oxygen atoms in total. The molecule has 12 heavy (non-hydrogen) atoms. The largest absolute Gasteiger partial charge is 0.268 e. The van der Waals surface area contributed by atoms with Crippen LogP contribution in [0.4, 0.5) is 0 Å². The monoisotopic (exact) mass is 188 g/mol. The van der Waals surface area contributed by atoms with Crippen LogP contribution >= 0.6 is 0 Å². The molecule has 1 aliphatic heterocycles. The minimum absolute atomic E-state index is 0.786. The van der Waals surface area contributed by atoms with Crippen LogP contribution in [0.25, 0.3) is 0 Å². The highest BCUT2D eigenvalue weighted by Gasteiger charge is 2.20. The Hall–Kier alpha value is 0.0200. The van der Waals surface area contributed by atoms with Crippen molar-refractivity contribution in [2.45, 2.75) is 33.1 Å². The highest BCUT2D eigenvalue weighted by Crippen LogP contribution is 2.24. The zero-order chi connectivity index (χ0) is 9.19. The van der Waals surface area contributed by atoms with Crippen molar-refractivity contribution >= 4 is 15.4 Å². The van der Waals surface area contributed by atoms with Gasteiger partial charge in [0, 0.05) is 11.5 Å². The highest BCUT2D eigenvalue weighted by atomic mass is 32.2. The molecule has 1 heterocycles. The Morgan fingerprint density at radius 2 is 1.92 bits per heavy atom. The second kappa shape index (κ2) is 3.82. The molecule has 0 aliphatic carbocycles. The standard InChI is InChI=1S/C10H20OS/c1-9(2)8-10-4-6-12(3,11)7-5-10/h9-10H,3-8H2,1-2H3. The molecule has 0 aromatic carbocycles. The van der Waals surface area contributed by atoms with Crippen LogP contribution in [0, 0.1) is 11.8 Å². The van der Waals surface area contributed by atoms with Gasteiger partial charge in [0.15, 0.2) is 0 Å². The Labute approximate surface area is 76.6 Å². The molecule has 1 fully saturated rings. The predicted octanol–water partition coefficient (Wildman–Crippen LogP) is 2.16. The first kappa shape index (κ1) is 10.1. The Bertz CT molecular complexity index is 212. The third-order valence-electron chi connectivity index (χ3n) is 2.60. The summed E-state index contributed by atoms with van der Waals surface area (Å²) in [5.41, 5.74) is 0. The Kier molecular flexibility index (Phi) is 3.22. The highest BCUT2D eigenvalue weighted by molar-refractivity contribution is 8.00. The second-order valence-electron chi connectivity index (χ2n) is 4.45. The van der Waals surface area contributed by atoms with Crippen LogP contribution in [0.15, 0.2) is 0 Å². The Morgan fingerprint density at radius 1 is 1.42 bits per heavy atom. The molecular weight excluding hydrogens is 168 g/mol. The van der Waals surface area contributed by atoms with Gasteiger partial charge in [0.1, 0.15) is 0 Å². The lowest BCUT2D eigenvalue weighted by Gasteiger charge is -2.25. The van der Waals surface area contributed by atoms with Crippen LogP contribution in [-0.4, -0.2) is 21.6 Å². The van der Waals surface area contributed by atoms with Gasteiger partial charge in [0.25, 0.3) is 0 Å². The minimum atomic E-state index is -1.65. The van der Waals surface area contributed by atoms with Crippen molar-refractivity contribution in [1.82, 2.24) is 0 Å². The Balaban J connectivity index is 2.36. The molecule has 0 spiro atoms. The third kappa shape index (κ3) is 3.18. The van der Waals surface area contributed by atoms with Gasteiger partial charge in [-0.2, -0.15) is 0 Å². The first-order chi connectivity index (χ1) is 5.49. The molecule has 1 saturated heterocycles. The van der Waals surface area contributed by atoms with Gasteiger partial charge >= 0.3 is 0 Å². The lowest BCUT2D eigenvalue weighted by atomic mass is 9.92. The smallest absolute Gasteiger partial charge is 0.0161 e. The van der Waals surface area contributed by atoms with E-state index in [1.54, 1.807) is 0 Å². The fourth-order valence-corrected chi connectivity index (χ4v) is 3.64. The van der Waals surface area contributed by atoms with Crippen molar-refractivity contribution in [2.75, 3.05) is 11.5 Å². The van der Waals surface area contributed by atoms with Crippen molar-refractivity contribution in [1.29, 1.82) is 0 Å². The molecule has 2 heteroatoms. The maximum Gasteiger partial charge on any atom is 0.0161 e. The normalized spacial score (nSPS) is 37.1. The first-order valence-electron chi connectivity index (χ1n) is 4.82. The van der Waals surface area contributed by atoms with E-state index in [4.69, 9.17) is 0 Å². The lowest BCUT2D eigenvalue weighted by molar-refractivity contribution is 0.383. The topological polar surface area (TPSA) is 17.1 Å². The van der Waals surface area contributed by atoms with E-state index in [9.17, 15) is 4.21 Å².